The molecule has 0 spiro atoms. The summed E-state index contributed by atoms with van der Waals surface area (Å²) in [6.45, 7) is 10.6. The number of hydrogen-bond acceptors (Lipinski definition) is 8. The van der Waals surface area contributed by atoms with Crippen molar-refractivity contribution in [1.82, 2.24) is 15.3 Å². The van der Waals surface area contributed by atoms with Crippen LogP contribution in [0, 0.1) is 19.7 Å². The van der Waals surface area contributed by atoms with Crippen LogP contribution in [0.4, 0.5) is 26.5 Å². The smallest absolute Gasteiger partial charge is 0.407 e. The fourth-order valence-corrected chi connectivity index (χ4v) is 3.25. The Hall–Kier alpha value is -3.47. The van der Waals surface area contributed by atoms with Gasteiger partial charge in [0.25, 0.3) is 5.91 Å². The molecule has 35 heavy (non-hydrogen) atoms. The number of ether oxygens (including phenoxy) is 1. The summed E-state index contributed by atoms with van der Waals surface area (Å²) in [5, 5.41) is 18.0. The summed E-state index contributed by atoms with van der Waals surface area (Å²) in [6, 6.07) is 1.81. The van der Waals surface area contributed by atoms with Crippen LogP contribution in [0.15, 0.2) is 18.3 Å². The van der Waals surface area contributed by atoms with Gasteiger partial charge >= 0.3 is 6.09 Å². The molecule has 0 aromatic carbocycles. The molecule has 192 valence electrons. The van der Waals surface area contributed by atoms with Gasteiger partial charge in [-0.25, -0.2) is 14.2 Å². The molecule has 10 nitrogen and oxygen atoms in total. The summed E-state index contributed by atoms with van der Waals surface area (Å²) >= 11 is 0. The highest BCUT2D eigenvalue weighted by Gasteiger charge is 2.25. The number of aliphatic hydroxyl groups is 1. The first-order chi connectivity index (χ1) is 16.3. The van der Waals surface area contributed by atoms with Crippen LogP contribution in [0.3, 0.4) is 0 Å². The second-order valence-corrected chi connectivity index (χ2v) is 9.38. The van der Waals surface area contributed by atoms with E-state index in [1.165, 1.54) is 0 Å². The summed E-state index contributed by atoms with van der Waals surface area (Å²) in [5.41, 5.74) is 6.96. The molecule has 2 atom stereocenters. The molecule has 0 radical (unpaired) electrons. The van der Waals surface area contributed by atoms with E-state index in [-0.39, 0.29) is 23.8 Å². The van der Waals surface area contributed by atoms with Crippen molar-refractivity contribution in [1.29, 1.82) is 0 Å². The number of pyridine rings is 2. The van der Waals surface area contributed by atoms with Gasteiger partial charge in [-0.2, -0.15) is 0 Å². The number of nitrogens with one attached hydrogen (secondary N) is 3. The summed E-state index contributed by atoms with van der Waals surface area (Å²) < 4.78 is 20.2. The summed E-state index contributed by atoms with van der Waals surface area (Å²) in [5.74, 6) is -1.73. The lowest BCUT2D eigenvalue weighted by atomic mass is 10.0. The van der Waals surface area contributed by atoms with Crippen LogP contribution < -0.4 is 21.7 Å². The number of aryl methyl sites for hydroxylation is 2. The van der Waals surface area contributed by atoms with E-state index in [4.69, 9.17) is 10.5 Å². The van der Waals surface area contributed by atoms with Gasteiger partial charge in [-0.15, -0.1) is 0 Å². The first-order valence-corrected chi connectivity index (χ1v) is 11.4. The fraction of sp³-hybridized carbons (Fsp3) is 0.500. The predicted molar refractivity (Wildman–Crippen MR) is 132 cm³/mol. The van der Waals surface area contributed by atoms with Crippen LogP contribution in [0.1, 0.15) is 62.2 Å². The van der Waals surface area contributed by atoms with E-state index in [9.17, 15) is 19.1 Å². The molecule has 0 fully saturated rings. The van der Waals surface area contributed by atoms with Crippen LogP contribution in [0.2, 0.25) is 0 Å². The molecule has 2 rings (SSSR count). The zero-order valence-corrected chi connectivity index (χ0v) is 21.0. The van der Waals surface area contributed by atoms with Crippen molar-refractivity contribution in [3.05, 3.63) is 41.0 Å². The van der Waals surface area contributed by atoms with E-state index in [0.717, 1.165) is 17.3 Å². The second kappa shape index (κ2) is 11.8. The molecule has 2 aromatic rings. The van der Waals surface area contributed by atoms with Gasteiger partial charge in [-0.3, -0.25) is 9.78 Å². The van der Waals surface area contributed by atoms with E-state index >= 15 is 0 Å². The second-order valence-electron chi connectivity index (χ2n) is 9.38. The highest BCUT2D eigenvalue weighted by Crippen LogP contribution is 2.25. The van der Waals surface area contributed by atoms with Crippen LogP contribution in [0.25, 0.3) is 0 Å². The lowest BCUT2D eigenvalue weighted by Gasteiger charge is -2.28. The first kappa shape index (κ1) is 27.8. The van der Waals surface area contributed by atoms with Gasteiger partial charge in [-0.1, -0.05) is 0 Å². The van der Waals surface area contributed by atoms with Gasteiger partial charge in [0.2, 0.25) is 0 Å². The molecular formula is C24H35FN6O4. The number of alkyl carbamates (subject to hydrolysis) is 1. The van der Waals surface area contributed by atoms with Crippen molar-refractivity contribution in [2.24, 2.45) is 5.73 Å². The van der Waals surface area contributed by atoms with Gasteiger partial charge in [0.15, 0.2) is 11.6 Å². The molecule has 0 aliphatic carbocycles. The van der Waals surface area contributed by atoms with Gasteiger partial charge < -0.3 is 31.5 Å². The highest BCUT2D eigenvalue weighted by atomic mass is 19.1. The van der Waals surface area contributed by atoms with Crippen molar-refractivity contribution in [2.45, 2.75) is 72.1 Å². The maximum atomic E-state index is 14.9. The van der Waals surface area contributed by atoms with Crippen LogP contribution in [-0.2, 0) is 4.74 Å². The molecule has 0 aliphatic heterocycles. The number of nitrogens with two attached hydrogens (primary N) is 1. The van der Waals surface area contributed by atoms with Crippen LogP contribution >= 0.6 is 0 Å². The molecule has 6 N–H and O–H groups in total. The maximum Gasteiger partial charge on any atom is 0.407 e. The summed E-state index contributed by atoms with van der Waals surface area (Å²) in [4.78, 5) is 32.7. The monoisotopic (exact) mass is 490 g/mol. The third kappa shape index (κ3) is 8.36. The molecule has 1 unspecified atom stereocenters. The molecule has 2 aromatic heterocycles. The van der Waals surface area contributed by atoms with E-state index < -0.39 is 35.5 Å². The third-order valence-corrected chi connectivity index (χ3v) is 5.19. The van der Waals surface area contributed by atoms with E-state index in [0.29, 0.717) is 18.5 Å². The molecule has 0 saturated heterocycles. The lowest BCUT2D eigenvalue weighted by molar-refractivity contribution is 0.0502. The topological polar surface area (TPSA) is 151 Å². The quantitative estimate of drug-likeness (QED) is 0.339. The van der Waals surface area contributed by atoms with Gasteiger partial charge in [-0.05, 0) is 72.1 Å². The minimum atomic E-state index is -0.848. The van der Waals surface area contributed by atoms with E-state index in [1.54, 1.807) is 33.9 Å². The Labute approximate surface area is 204 Å². The first-order valence-electron chi connectivity index (χ1n) is 11.4. The number of hydrogen-bond donors (Lipinski definition) is 5. The average Bonchev–Trinajstić information content (AvgIpc) is 2.73. The predicted octanol–water partition coefficient (Wildman–Crippen LogP) is 3.54. The summed E-state index contributed by atoms with van der Waals surface area (Å²) in [6.07, 6.45) is 1.75. The number of carbonyl (C=O) groups is 2. The normalized spacial score (nSPS) is 13.0. The van der Waals surface area contributed by atoms with Gasteiger partial charge in [0, 0.05) is 24.4 Å². The Bertz CT molecular complexity index is 1060. The number of anilines is 3. The molecule has 2 heterocycles. The largest absolute Gasteiger partial charge is 0.444 e. The van der Waals surface area contributed by atoms with E-state index in [2.05, 4.69) is 25.9 Å². The Kier molecular flexibility index (Phi) is 9.35. The van der Waals surface area contributed by atoms with Crippen LogP contribution in [-0.4, -0.2) is 51.4 Å². The van der Waals surface area contributed by atoms with Crippen LogP contribution in [0.5, 0.6) is 0 Å². The number of nitrogens with zero attached hydrogens (tertiary/aromatic N) is 2. The zero-order valence-electron chi connectivity index (χ0n) is 21.0. The van der Waals surface area contributed by atoms with Gasteiger partial charge in [0.05, 0.1) is 17.4 Å². The standard InChI is InChI=1S/C24H35FN6O4/c1-13-10-16(12-27-14(13)2)29-21-17(20(26)33)11-18(25)22(31-21)30-19(8-7-9-32)15(3)28-23(34)35-24(4,5)6/h10-12,15,19,32H,7-9H2,1-6H3,(H2,26,33)(H,28,34)(H2,29,30,31)/t15-,19?/m0/s1. The minimum absolute atomic E-state index is 0.0557. The fourth-order valence-electron chi connectivity index (χ4n) is 3.25. The van der Waals surface area contributed by atoms with Crippen molar-refractivity contribution in [2.75, 3.05) is 17.2 Å². The van der Waals surface area contributed by atoms with Crippen molar-refractivity contribution in [3.8, 4) is 0 Å². The Balaban J connectivity index is 2.34. The molecule has 11 heteroatoms. The minimum Gasteiger partial charge on any atom is -0.444 e. The average molecular weight is 491 g/mol. The molecule has 0 aliphatic rings. The number of aliphatic hydroxyl groups excluding tert-OH is 1. The van der Waals surface area contributed by atoms with Crippen molar-refractivity contribution >= 4 is 29.3 Å². The van der Waals surface area contributed by atoms with Crippen molar-refractivity contribution in [3.63, 3.8) is 0 Å². The molecule has 0 saturated carbocycles. The number of amides is 2. The van der Waals surface area contributed by atoms with Gasteiger partial charge in [0.1, 0.15) is 11.4 Å². The highest BCUT2D eigenvalue weighted by molar-refractivity contribution is 5.98. The zero-order chi connectivity index (χ0) is 26.3. The number of carbonyl (C=O) groups excluding carboxylic acids is 2. The number of rotatable bonds is 10. The maximum absolute atomic E-state index is 14.9. The summed E-state index contributed by atoms with van der Waals surface area (Å²) in [7, 11) is 0. The van der Waals surface area contributed by atoms with Crippen molar-refractivity contribution < 1.29 is 23.8 Å². The number of primary amides is 1. The SMILES string of the molecule is Cc1cc(Nc2nc(NC(CCCO)[C@H](C)NC(=O)OC(C)(C)C)c(F)cc2C(N)=O)cnc1C. The third-order valence-electron chi connectivity index (χ3n) is 5.19. The number of halogens is 1. The lowest BCUT2D eigenvalue weighted by Crippen LogP contribution is -2.47. The Morgan fingerprint density at radius 1 is 1.23 bits per heavy atom. The van der Waals surface area contributed by atoms with E-state index in [1.807, 2.05) is 19.9 Å². The Morgan fingerprint density at radius 2 is 1.91 bits per heavy atom. The molecule has 2 amide bonds. The Morgan fingerprint density at radius 3 is 2.49 bits per heavy atom. The molecule has 0 bridgehead atoms. The number of aromatic nitrogens is 2. The molecular weight excluding hydrogens is 455 g/mol.